The molecule has 2 atom stereocenters. The summed E-state index contributed by atoms with van der Waals surface area (Å²) in [6.07, 6.45) is 0.115. The minimum Gasteiger partial charge on any atom is -0.469 e. The molecule has 11 heavy (non-hydrogen) atoms. The molecule has 0 fully saturated rings. The van der Waals surface area contributed by atoms with E-state index in [-0.39, 0.29) is 11.9 Å². The summed E-state index contributed by atoms with van der Waals surface area (Å²) in [4.78, 5) is 11.0. The summed E-state index contributed by atoms with van der Waals surface area (Å²) in [6.45, 7) is 1.69. The molecule has 3 nitrogen and oxygen atoms in total. The SMILES string of the molecule is COC(=O)[C@@H](C[SiH3])C[C@H](C)O. The molecule has 0 unspecified atom stereocenters. The molecule has 0 aromatic carbocycles. The molecule has 0 rings (SSSR count). The van der Waals surface area contributed by atoms with Crippen molar-refractivity contribution in [1.29, 1.82) is 0 Å². The van der Waals surface area contributed by atoms with Crippen LogP contribution in [0.2, 0.25) is 6.04 Å². The number of methoxy groups -OCH3 is 1. The number of aliphatic hydroxyl groups excluding tert-OH is 1. The van der Waals surface area contributed by atoms with E-state index in [0.717, 1.165) is 16.3 Å². The number of hydrogen-bond acceptors (Lipinski definition) is 3. The zero-order chi connectivity index (χ0) is 8.85. The molecule has 1 N–H and O–H groups in total. The maximum absolute atomic E-state index is 11.0. The summed E-state index contributed by atoms with van der Waals surface area (Å²) in [6, 6.07) is 0.859. The van der Waals surface area contributed by atoms with Crippen LogP contribution in [0, 0.1) is 5.92 Å². The molecule has 0 amide bonds. The van der Waals surface area contributed by atoms with E-state index in [9.17, 15) is 4.79 Å². The van der Waals surface area contributed by atoms with Gasteiger partial charge in [0.25, 0.3) is 0 Å². The number of rotatable bonds is 4. The molecule has 0 aliphatic rings. The van der Waals surface area contributed by atoms with Gasteiger partial charge in [-0.05, 0) is 13.3 Å². The zero-order valence-corrected chi connectivity index (χ0v) is 9.33. The first-order valence-corrected chi connectivity index (χ1v) is 5.29. The van der Waals surface area contributed by atoms with Crippen LogP contribution >= 0.6 is 0 Å². The minimum atomic E-state index is -0.409. The van der Waals surface area contributed by atoms with Crippen LogP contribution in [0.25, 0.3) is 0 Å². The van der Waals surface area contributed by atoms with Gasteiger partial charge in [-0.1, -0.05) is 6.04 Å². The Kier molecular flexibility index (Phi) is 5.15. The Balaban J connectivity index is 3.84. The van der Waals surface area contributed by atoms with Gasteiger partial charge in [0.05, 0.1) is 19.1 Å². The average Bonchev–Trinajstić information content (AvgIpc) is 1.98. The third-order valence-electron chi connectivity index (χ3n) is 1.65. The monoisotopic (exact) mass is 176 g/mol. The highest BCUT2D eigenvalue weighted by Gasteiger charge is 2.18. The lowest BCUT2D eigenvalue weighted by Crippen LogP contribution is -2.20. The van der Waals surface area contributed by atoms with Crippen molar-refractivity contribution in [3.8, 4) is 0 Å². The number of carbonyl (C=O) groups excluding carboxylic acids is 1. The van der Waals surface area contributed by atoms with E-state index in [0.29, 0.717) is 6.42 Å². The second-order valence-electron chi connectivity index (χ2n) is 2.71. The number of aliphatic hydroxyl groups is 1. The van der Waals surface area contributed by atoms with Gasteiger partial charge >= 0.3 is 5.97 Å². The Morgan fingerprint density at radius 1 is 1.73 bits per heavy atom. The third kappa shape index (κ3) is 4.16. The summed E-state index contributed by atoms with van der Waals surface area (Å²) in [5, 5.41) is 9.01. The molecule has 0 heterocycles. The summed E-state index contributed by atoms with van der Waals surface area (Å²) in [5.41, 5.74) is 0. The van der Waals surface area contributed by atoms with Gasteiger partial charge in [-0.15, -0.1) is 0 Å². The van der Waals surface area contributed by atoms with Gasteiger partial charge in [-0.25, -0.2) is 0 Å². The summed E-state index contributed by atoms with van der Waals surface area (Å²) in [5.74, 6) is -0.285. The van der Waals surface area contributed by atoms with Crippen molar-refractivity contribution < 1.29 is 14.6 Å². The molecule has 0 aromatic rings. The fourth-order valence-electron chi connectivity index (χ4n) is 1.01. The van der Waals surface area contributed by atoms with Crippen LogP contribution in [0.5, 0.6) is 0 Å². The van der Waals surface area contributed by atoms with Gasteiger partial charge < -0.3 is 9.84 Å². The molecule has 0 aromatic heterocycles. The van der Waals surface area contributed by atoms with E-state index in [4.69, 9.17) is 5.11 Å². The summed E-state index contributed by atoms with van der Waals surface area (Å²) in [7, 11) is 2.35. The van der Waals surface area contributed by atoms with Gasteiger partial charge in [-0.3, -0.25) is 4.79 Å². The number of carbonyl (C=O) groups is 1. The van der Waals surface area contributed by atoms with Crippen LogP contribution in [0.4, 0.5) is 0 Å². The second kappa shape index (κ2) is 5.32. The zero-order valence-electron chi connectivity index (χ0n) is 7.33. The molecule has 0 aliphatic heterocycles. The lowest BCUT2D eigenvalue weighted by Gasteiger charge is -2.13. The van der Waals surface area contributed by atoms with Crippen LogP contribution in [0.1, 0.15) is 13.3 Å². The summed E-state index contributed by atoms with van der Waals surface area (Å²) >= 11 is 0. The number of hydrogen-bond donors (Lipinski definition) is 1. The molecular formula is C7H16O3Si. The Morgan fingerprint density at radius 2 is 2.27 bits per heavy atom. The van der Waals surface area contributed by atoms with Gasteiger partial charge in [0.2, 0.25) is 0 Å². The second-order valence-corrected chi connectivity index (χ2v) is 3.53. The largest absolute Gasteiger partial charge is 0.469 e. The lowest BCUT2D eigenvalue weighted by molar-refractivity contribution is -0.145. The predicted octanol–water partition coefficient (Wildman–Crippen LogP) is -0.670. The van der Waals surface area contributed by atoms with Gasteiger partial charge in [-0.2, -0.15) is 0 Å². The van der Waals surface area contributed by atoms with Gasteiger partial charge in [0.15, 0.2) is 0 Å². The summed E-state index contributed by atoms with van der Waals surface area (Å²) < 4.78 is 4.58. The number of esters is 1. The van der Waals surface area contributed by atoms with Gasteiger partial charge in [0.1, 0.15) is 0 Å². The van der Waals surface area contributed by atoms with E-state index < -0.39 is 6.10 Å². The lowest BCUT2D eigenvalue weighted by atomic mass is 10.1. The Morgan fingerprint density at radius 3 is 2.55 bits per heavy atom. The highest BCUT2D eigenvalue weighted by atomic mass is 28.1. The first-order valence-electron chi connectivity index (χ1n) is 3.87. The first kappa shape index (κ1) is 10.6. The first-order chi connectivity index (χ1) is 5.11. The molecule has 0 radical (unpaired) electrons. The smallest absolute Gasteiger partial charge is 0.308 e. The molecule has 4 heteroatoms. The van der Waals surface area contributed by atoms with E-state index in [1.807, 2.05) is 0 Å². The highest BCUT2D eigenvalue weighted by molar-refractivity contribution is 6.10. The molecule has 0 saturated heterocycles. The third-order valence-corrected chi connectivity index (χ3v) is 2.64. The average molecular weight is 176 g/mol. The molecule has 66 valence electrons. The maximum atomic E-state index is 11.0. The fraction of sp³-hybridized carbons (Fsp3) is 0.857. The van der Waals surface area contributed by atoms with Crippen LogP contribution in [0.15, 0.2) is 0 Å². The van der Waals surface area contributed by atoms with E-state index in [1.54, 1.807) is 6.92 Å². The van der Waals surface area contributed by atoms with E-state index >= 15 is 0 Å². The molecule has 0 bridgehead atoms. The van der Waals surface area contributed by atoms with Crippen LogP contribution in [-0.4, -0.2) is 34.5 Å². The van der Waals surface area contributed by atoms with Crippen molar-refractivity contribution in [1.82, 2.24) is 0 Å². The van der Waals surface area contributed by atoms with Crippen molar-refractivity contribution in [2.75, 3.05) is 7.11 Å². The highest BCUT2D eigenvalue weighted by Crippen LogP contribution is 2.11. The van der Waals surface area contributed by atoms with Crippen LogP contribution in [0.3, 0.4) is 0 Å². The topological polar surface area (TPSA) is 46.5 Å². The molecule has 0 spiro atoms. The van der Waals surface area contributed by atoms with Crippen molar-refractivity contribution in [2.45, 2.75) is 25.5 Å². The Hall–Kier alpha value is -0.353. The van der Waals surface area contributed by atoms with Crippen molar-refractivity contribution in [3.05, 3.63) is 0 Å². The standard InChI is InChI=1S/C7H16O3Si/c1-5(8)3-6(4-11)7(9)10-2/h5-6,8H,3-4H2,1-2,11H3/t5-,6+/m0/s1. The van der Waals surface area contributed by atoms with Crippen molar-refractivity contribution in [3.63, 3.8) is 0 Å². The fourth-order valence-corrected chi connectivity index (χ4v) is 1.67. The predicted molar refractivity (Wildman–Crippen MR) is 46.5 cm³/mol. The van der Waals surface area contributed by atoms with Gasteiger partial charge in [0, 0.05) is 10.2 Å². The quantitative estimate of drug-likeness (QED) is 0.456. The van der Waals surface area contributed by atoms with Crippen molar-refractivity contribution >= 4 is 16.2 Å². The molecule has 0 aliphatic carbocycles. The van der Waals surface area contributed by atoms with Crippen molar-refractivity contribution in [2.24, 2.45) is 5.92 Å². The molecule has 0 saturated carbocycles. The van der Waals surface area contributed by atoms with Crippen LogP contribution in [-0.2, 0) is 9.53 Å². The normalized spacial score (nSPS) is 15.9. The Labute approximate surface area is 70.2 Å². The number of ether oxygens (including phenoxy) is 1. The van der Waals surface area contributed by atoms with E-state index in [2.05, 4.69) is 4.74 Å². The maximum Gasteiger partial charge on any atom is 0.308 e. The molecular weight excluding hydrogens is 160 g/mol. The Bertz CT molecular complexity index is 125. The minimum absolute atomic E-state index is 0.0910. The van der Waals surface area contributed by atoms with Crippen LogP contribution < -0.4 is 0 Å². The van der Waals surface area contributed by atoms with E-state index in [1.165, 1.54) is 7.11 Å².